The second-order valence-corrected chi connectivity index (χ2v) is 5.47. The van der Waals surface area contributed by atoms with Crippen LogP contribution in [0, 0.1) is 13.8 Å². The van der Waals surface area contributed by atoms with Gasteiger partial charge in [0.25, 0.3) is 0 Å². The Morgan fingerprint density at radius 2 is 1.95 bits per heavy atom. The van der Waals surface area contributed by atoms with Crippen molar-refractivity contribution in [2.75, 3.05) is 6.61 Å². The highest BCUT2D eigenvalue weighted by molar-refractivity contribution is 5.38. The van der Waals surface area contributed by atoms with Crippen molar-refractivity contribution in [3.05, 3.63) is 64.7 Å². The van der Waals surface area contributed by atoms with E-state index in [1.54, 1.807) is 0 Å². The first kappa shape index (κ1) is 13.2. The van der Waals surface area contributed by atoms with Gasteiger partial charge in [0.15, 0.2) is 0 Å². The van der Waals surface area contributed by atoms with Gasteiger partial charge in [-0.25, -0.2) is 0 Å². The molecule has 0 aliphatic carbocycles. The lowest BCUT2D eigenvalue weighted by molar-refractivity contribution is 0.252. The van der Waals surface area contributed by atoms with E-state index < -0.39 is 0 Å². The Morgan fingerprint density at radius 1 is 1.10 bits per heavy atom. The van der Waals surface area contributed by atoms with Gasteiger partial charge < -0.3 is 10.1 Å². The van der Waals surface area contributed by atoms with E-state index in [1.165, 1.54) is 22.3 Å². The Morgan fingerprint density at radius 3 is 2.85 bits per heavy atom. The summed E-state index contributed by atoms with van der Waals surface area (Å²) in [5.74, 6) is 1.03. The molecule has 0 radical (unpaired) electrons. The van der Waals surface area contributed by atoms with Gasteiger partial charge in [-0.3, -0.25) is 0 Å². The molecule has 1 aliphatic rings. The molecule has 0 bridgehead atoms. The lowest BCUT2D eigenvalue weighted by Gasteiger charge is -2.27. The molecule has 3 rings (SSSR count). The van der Waals surface area contributed by atoms with Crippen LogP contribution in [0.5, 0.6) is 5.75 Å². The van der Waals surface area contributed by atoms with Gasteiger partial charge in [0, 0.05) is 24.6 Å². The molecule has 0 aromatic heterocycles. The van der Waals surface area contributed by atoms with E-state index in [0.29, 0.717) is 6.04 Å². The normalized spacial score (nSPS) is 17.4. The molecule has 104 valence electrons. The molecular formula is C18H21NO. The summed E-state index contributed by atoms with van der Waals surface area (Å²) in [7, 11) is 0. The third-order valence-electron chi connectivity index (χ3n) is 4.21. The van der Waals surface area contributed by atoms with Crippen LogP contribution < -0.4 is 10.1 Å². The second-order valence-electron chi connectivity index (χ2n) is 5.47. The first-order valence-corrected chi connectivity index (χ1v) is 7.26. The molecule has 0 spiro atoms. The number of benzene rings is 2. The molecule has 0 amide bonds. The molecule has 2 heteroatoms. The fraction of sp³-hybridized carbons (Fsp3) is 0.333. The molecule has 1 N–H and O–H groups in total. The van der Waals surface area contributed by atoms with Crippen molar-refractivity contribution in [3.8, 4) is 5.75 Å². The highest BCUT2D eigenvalue weighted by Crippen LogP contribution is 2.31. The topological polar surface area (TPSA) is 21.3 Å². The number of fused-ring (bicyclic) bond motifs is 1. The van der Waals surface area contributed by atoms with Crippen LogP contribution >= 0.6 is 0 Å². The predicted molar refractivity (Wildman–Crippen MR) is 82.1 cm³/mol. The minimum atomic E-state index is 0.389. The van der Waals surface area contributed by atoms with Gasteiger partial charge in [-0.05, 0) is 36.6 Å². The third-order valence-corrected chi connectivity index (χ3v) is 4.21. The van der Waals surface area contributed by atoms with Gasteiger partial charge in [-0.15, -0.1) is 0 Å². The van der Waals surface area contributed by atoms with Crippen molar-refractivity contribution < 1.29 is 4.74 Å². The molecule has 2 aromatic carbocycles. The van der Waals surface area contributed by atoms with E-state index in [1.807, 2.05) is 6.07 Å². The van der Waals surface area contributed by atoms with Crippen LogP contribution in [-0.4, -0.2) is 6.61 Å². The molecule has 20 heavy (non-hydrogen) atoms. The zero-order chi connectivity index (χ0) is 13.9. The fourth-order valence-electron chi connectivity index (χ4n) is 2.79. The maximum Gasteiger partial charge on any atom is 0.124 e. The molecular weight excluding hydrogens is 246 g/mol. The summed E-state index contributed by atoms with van der Waals surface area (Å²) in [5.41, 5.74) is 5.41. The first-order chi connectivity index (χ1) is 9.75. The van der Waals surface area contributed by atoms with Crippen molar-refractivity contribution in [2.24, 2.45) is 0 Å². The van der Waals surface area contributed by atoms with Crippen molar-refractivity contribution in [1.29, 1.82) is 0 Å². The van der Waals surface area contributed by atoms with Crippen LogP contribution in [0.2, 0.25) is 0 Å². The summed E-state index contributed by atoms with van der Waals surface area (Å²) in [6, 6.07) is 15.2. The number of hydrogen-bond donors (Lipinski definition) is 1. The number of ether oxygens (including phenoxy) is 1. The Labute approximate surface area is 120 Å². The predicted octanol–water partition coefficient (Wildman–Crippen LogP) is 3.92. The summed E-state index contributed by atoms with van der Waals surface area (Å²) >= 11 is 0. The SMILES string of the molecule is Cc1cccc(CNC2CCOc3ccccc32)c1C. The summed E-state index contributed by atoms with van der Waals surface area (Å²) in [4.78, 5) is 0. The number of rotatable bonds is 3. The molecule has 1 atom stereocenters. The summed E-state index contributed by atoms with van der Waals surface area (Å²) in [6.07, 6.45) is 1.03. The number of hydrogen-bond acceptors (Lipinski definition) is 2. The lowest BCUT2D eigenvalue weighted by Crippen LogP contribution is -2.27. The van der Waals surface area contributed by atoms with E-state index in [0.717, 1.165) is 25.3 Å². The molecule has 1 aliphatic heterocycles. The van der Waals surface area contributed by atoms with Crippen molar-refractivity contribution >= 4 is 0 Å². The zero-order valence-corrected chi connectivity index (χ0v) is 12.1. The number of aryl methyl sites for hydroxylation is 1. The van der Waals surface area contributed by atoms with Crippen LogP contribution in [-0.2, 0) is 6.54 Å². The van der Waals surface area contributed by atoms with Gasteiger partial charge in [-0.2, -0.15) is 0 Å². The first-order valence-electron chi connectivity index (χ1n) is 7.26. The Hall–Kier alpha value is -1.80. The maximum absolute atomic E-state index is 5.71. The van der Waals surface area contributed by atoms with Gasteiger partial charge in [0.05, 0.1) is 6.61 Å². The Balaban J connectivity index is 1.75. The van der Waals surface area contributed by atoms with Crippen LogP contribution in [0.1, 0.15) is 34.7 Å². The molecule has 2 aromatic rings. The fourth-order valence-corrected chi connectivity index (χ4v) is 2.79. The van der Waals surface area contributed by atoms with E-state index in [4.69, 9.17) is 4.74 Å². The van der Waals surface area contributed by atoms with Crippen molar-refractivity contribution in [3.63, 3.8) is 0 Å². The number of nitrogens with one attached hydrogen (secondary N) is 1. The summed E-state index contributed by atoms with van der Waals surface area (Å²) in [5, 5.41) is 3.68. The van der Waals surface area contributed by atoms with Crippen molar-refractivity contribution in [2.45, 2.75) is 32.9 Å². The number of para-hydroxylation sites is 1. The summed E-state index contributed by atoms with van der Waals surface area (Å²) in [6.45, 7) is 6.07. The molecule has 1 unspecified atom stereocenters. The monoisotopic (exact) mass is 267 g/mol. The minimum absolute atomic E-state index is 0.389. The van der Waals surface area contributed by atoms with Gasteiger partial charge in [0.2, 0.25) is 0 Å². The Kier molecular flexibility index (Phi) is 3.75. The average Bonchev–Trinajstić information content (AvgIpc) is 2.49. The second kappa shape index (κ2) is 5.68. The highest BCUT2D eigenvalue weighted by atomic mass is 16.5. The zero-order valence-electron chi connectivity index (χ0n) is 12.1. The minimum Gasteiger partial charge on any atom is -0.493 e. The van der Waals surface area contributed by atoms with Crippen molar-refractivity contribution in [1.82, 2.24) is 5.32 Å². The van der Waals surface area contributed by atoms with Crippen LogP contribution in [0.3, 0.4) is 0 Å². The third kappa shape index (κ3) is 2.56. The Bertz CT molecular complexity index is 606. The van der Waals surface area contributed by atoms with Crippen LogP contribution in [0.15, 0.2) is 42.5 Å². The van der Waals surface area contributed by atoms with Gasteiger partial charge in [0.1, 0.15) is 5.75 Å². The highest BCUT2D eigenvalue weighted by Gasteiger charge is 2.20. The van der Waals surface area contributed by atoms with E-state index in [-0.39, 0.29) is 0 Å². The maximum atomic E-state index is 5.71. The molecule has 0 fully saturated rings. The van der Waals surface area contributed by atoms with E-state index >= 15 is 0 Å². The molecule has 2 nitrogen and oxygen atoms in total. The quantitative estimate of drug-likeness (QED) is 0.910. The molecule has 1 heterocycles. The standard InChI is InChI=1S/C18H21NO/c1-13-6-5-7-15(14(13)2)12-19-17-10-11-20-18-9-4-3-8-16(17)18/h3-9,17,19H,10-12H2,1-2H3. The molecule has 0 saturated heterocycles. The lowest BCUT2D eigenvalue weighted by atomic mass is 9.99. The van der Waals surface area contributed by atoms with E-state index in [9.17, 15) is 0 Å². The van der Waals surface area contributed by atoms with Crippen LogP contribution in [0.4, 0.5) is 0 Å². The van der Waals surface area contributed by atoms with Gasteiger partial charge in [-0.1, -0.05) is 36.4 Å². The molecule has 0 saturated carbocycles. The largest absolute Gasteiger partial charge is 0.493 e. The summed E-state index contributed by atoms with van der Waals surface area (Å²) < 4.78 is 5.71. The van der Waals surface area contributed by atoms with Crippen LogP contribution in [0.25, 0.3) is 0 Å². The van der Waals surface area contributed by atoms with E-state index in [2.05, 4.69) is 55.6 Å². The average molecular weight is 267 g/mol. The van der Waals surface area contributed by atoms with Gasteiger partial charge >= 0.3 is 0 Å². The smallest absolute Gasteiger partial charge is 0.124 e.